The topological polar surface area (TPSA) is 72.3 Å². The highest BCUT2D eigenvalue weighted by Crippen LogP contribution is 2.34. The van der Waals surface area contributed by atoms with Gasteiger partial charge < -0.3 is 0 Å². The van der Waals surface area contributed by atoms with Crippen LogP contribution in [0.3, 0.4) is 0 Å². The van der Waals surface area contributed by atoms with Gasteiger partial charge in [-0.15, -0.1) is 11.3 Å². The lowest BCUT2D eigenvalue weighted by Gasteiger charge is -2.26. The fourth-order valence-electron chi connectivity index (χ4n) is 3.86. The van der Waals surface area contributed by atoms with Crippen molar-refractivity contribution in [3.05, 3.63) is 93.1 Å². The minimum atomic E-state index is -3.61. The van der Waals surface area contributed by atoms with Crippen LogP contribution in [0.25, 0.3) is 10.2 Å². The molecule has 2 aromatic heterocycles. The average molecular weight is 456 g/mol. The van der Waals surface area contributed by atoms with Crippen molar-refractivity contribution < 1.29 is 12.8 Å². The highest BCUT2D eigenvalue weighted by atomic mass is 32.2. The first-order valence-corrected chi connectivity index (χ1v) is 12.0. The van der Waals surface area contributed by atoms with Crippen LogP contribution in [0.5, 0.6) is 0 Å². The van der Waals surface area contributed by atoms with Crippen molar-refractivity contribution in [2.24, 2.45) is 0 Å². The van der Waals surface area contributed by atoms with Crippen molar-refractivity contribution in [3.8, 4) is 0 Å². The maximum Gasteiger partial charge on any atom is 0.262 e. The van der Waals surface area contributed by atoms with Crippen LogP contribution >= 0.6 is 11.3 Å². The maximum absolute atomic E-state index is 14.0. The molecule has 0 spiro atoms. The van der Waals surface area contributed by atoms with Crippen molar-refractivity contribution in [2.45, 2.75) is 24.4 Å². The van der Waals surface area contributed by atoms with Gasteiger partial charge in [-0.25, -0.2) is 17.8 Å². The minimum Gasteiger partial charge on any atom is -0.294 e. The first-order valence-electron chi connectivity index (χ1n) is 9.73. The van der Waals surface area contributed by atoms with Gasteiger partial charge in [-0.3, -0.25) is 9.36 Å². The van der Waals surface area contributed by atoms with Gasteiger partial charge in [0.2, 0.25) is 10.0 Å². The van der Waals surface area contributed by atoms with Gasteiger partial charge in [0.15, 0.2) is 0 Å². The van der Waals surface area contributed by atoms with Crippen LogP contribution < -0.4 is 5.56 Å². The Hall–Kier alpha value is -2.88. The quantitative estimate of drug-likeness (QED) is 0.473. The van der Waals surface area contributed by atoms with Crippen LogP contribution in [0.15, 0.2) is 70.6 Å². The third kappa shape index (κ3) is 3.48. The zero-order chi connectivity index (χ0) is 21.6. The van der Waals surface area contributed by atoms with Crippen molar-refractivity contribution in [3.63, 3.8) is 0 Å². The van der Waals surface area contributed by atoms with Crippen LogP contribution in [-0.2, 0) is 29.5 Å². The molecule has 0 radical (unpaired) electrons. The molecule has 0 fully saturated rings. The van der Waals surface area contributed by atoms with Gasteiger partial charge in [0.1, 0.15) is 10.6 Å². The van der Waals surface area contributed by atoms with Gasteiger partial charge >= 0.3 is 0 Å². The van der Waals surface area contributed by atoms with E-state index in [1.807, 2.05) is 0 Å². The second-order valence-electron chi connectivity index (χ2n) is 7.35. The SMILES string of the molecule is O=c1c2c3c(sc2ncn1Cc1ccccc1F)CN(S(=O)(=O)c1ccccc1)CC3. The summed E-state index contributed by atoms with van der Waals surface area (Å²) in [5.74, 6) is -0.372. The van der Waals surface area contributed by atoms with Crippen LogP contribution in [0.4, 0.5) is 4.39 Å². The minimum absolute atomic E-state index is 0.0909. The first kappa shape index (κ1) is 20.0. The third-order valence-corrected chi connectivity index (χ3v) is 8.46. The number of fused-ring (bicyclic) bond motifs is 3. The van der Waals surface area contributed by atoms with Gasteiger partial charge in [0.25, 0.3) is 5.56 Å². The molecule has 31 heavy (non-hydrogen) atoms. The monoisotopic (exact) mass is 455 g/mol. The predicted octanol–water partition coefficient (Wildman–Crippen LogP) is 3.39. The molecule has 1 aliphatic rings. The lowest BCUT2D eigenvalue weighted by Crippen LogP contribution is -2.35. The molecule has 0 atom stereocenters. The first-order chi connectivity index (χ1) is 14.9. The van der Waals surface area contributed by atoms with E-state index in [9.17, 15) is 17.6 Å². The molecule has 0 aliphatic carbocycles. The van der Waals surface area contributed by atoms with Crippen LogP contribution in [0.2, 0.25) is 0 Å². The van der Waals surface area contributed by atoms with Crippen molar-refractivity contribution in [1.82, 2.24) is 13.9 Å². The Morgan fingerprint density at radius 1 is 1.06 bits per heavy atom. The molecule has 5 rings (SSSR count). The number of nitrogens with zero attached hydrogens (tertiary/aromatic N) is 3. The normalized spacial score (nSPS) is 14.6. The Bertz CT molecular complexity index is 1450. The number of thiophene rings is 1. The van der Waals surface area contributed by atoms with Crippen molar-refractivity contribution in [1.29, 1.82) is 0 Å². The summed E-state index contributed by atoms with van der Waals surface area (Å²) < 4.78 is 42.8. The average Bonchev–Trinajstić information content (AvgIpc) is 3.16. The van der Waals surface area contributed by atoms with Gasteiger partial charge in [-0.05, 0) is 30.2 Å². The predicted molar refractivity (Wildman–Crippen MR) is 117 cm³/mol. The van der Waals surface area contributed by atoms with E-state index in [0.29, 0.717) is 22.2 Å². The fourth-order valence-corrected chi connectivity index (χ4v) is 6.57. The Labute approximate surface area is 182 Å². The van der Waals surface area contributed by atoms with E-state index < -0.39 is 10.0 Å². The zero-order valence-corrected chi connectivity index (χ0v) is 18.0. The summed E-state index contributed by atoms with van der Waals surface area (Å²) in [5, 5.41) is 0.510. The Balaban J connectivity index is 1.51. The number of benzene rings is 2. The molecular formula is C22H18FN3O3S2. The van der Waals surface area contributed by atoms with Crippen LogP contribution in [-0.4, -0.2) is 28.8 Å². The summed E-state index contributed by atoms with van der Waals surface area (Å²) in [4.78, 5) is 19.2. The molecule has 0 unspecified atom stereocenters. The standard InChI is InChI=1S/C22H18FN3O3S2/c23-18-9-5-4-6-15(18)12-25-14-24-21-20(22(25)27)17-10-11-26(13-19(17)30-21)31(28,29)16-7-2-1-3-8-16/h1-9,14H,10-13H2. The molecule has 9 heteroatoms. The van der Waals surface area contributed by atoms with Gasteiger partial charge in [-0.2, -0.15) is 4.31 Å². The molecule has 6 nitrogen and oxygen atoms in total. The second kappa shape index (κ2) is 7.67. The lowest BCUT2D eigenvalue weighted by atomic mass is 10.1. The summed E-state index contributed by atoms with van der Waals surface area (Å²) in [5.41, 5.74) is 1.03. The summed E-state index contributed by atoms with van der Waals surface area (Å²) in [7, 11) is -3.61. The summed E-state index contributed by atoms with van der Waals surface area (Å²) in [6.45, 7) is 0.589. The van der Waals surface area contributed by atoms with E-state index in [2.05, 4.69) is 4.98 Å². The van der Waals surface area contributed by atoms with E-state index in [1.165, 1.54) is 32.6 Å². The molecule has 0 amide bonds. The Morgan fingerprint density at radius 2 is 1.81 bits per heavy atom. The molecule has 1 aliphatic heterocycles. The van der Waals surface area contributed by atoms with E-state index in [-0.39, 0.29) is 35.9 Å². The zero-order valence-electron chi connectivity index (χ0n) is 16.4. The van der Waals surface area contributed by atoms with Crippen LogP contribution in [0, 0.1) is 5.82 Å². The highest BCUT2D eigenvalue weighted by Gasteiger charge is 2.31. The smallest absolute Gasteiger partial charge is 0.262 e. The number of aromatic nitrogens is 2. The molecule has 0 N–H and O–H groups in total. The second-order valence-corrected chi connectivity index (χ2v) is 10.4. The van der Waals surface area contributed by atoms with E-state index >= 15 is 0 Å². The number of hydrogen-bond donors (Lipinski definition) is 0. The fraction of sp³-hybridized carbons (Fsp3) is 0.182. The lowest BCUT2D eigenvalue weighted by molar-refractivity contribution is 0.396. The van der Waals surface area contributed by atoms with Gasteiger partial charge in [0, 0.05) is 23.5 Å². The van der Waals surface area contributed by atoms with Crippen LogP contribution in [0.1, 0.15) is 16.0 Å². The summed E-state index contributed by atoms with van der Waals surface area (Å²) >= 11 is 1.34. The highest BCUT2D eigenvalue weighted by molar-refractivity contribution is 7.89. The number of hydrogen-bond acceptors (Lipinski definition) is 5. The Morgan fingerprint density at radius 3 is 2.58 bits per heavy atom. The van der Waals surface area contributed by atoms with Gasteiger partial charge in [0.05, 0.1) is 23.2 Å². The molecule has 2 aromatic carbocycles. The Kier molecular flexibility index (Phi) is 4.96. The number of halogens is 1. The van der Waals surface area contributed by atoms with E-state index in [0.717, 1.165) is 10.4 Å². The number of sulfonamides is 1. The summed E-state index contributed by atoms with van der Waals surface area (Å²) in [6.07, 6.45) is 1.86. The molecule has 0 bridgehead atoms. The van der Waals surface area contributed by atoms with E-state index in [4.69, 9.17) is 0 Å². The maximum atomic E-state index is 14.0. The molecular weight excluding hydrogens is 437 g/mol. The van der Waals surface area contributed by atoms with Crippen molar-refractivity contribution >= 4 is 31.6 Å². The molecule has 158 valence electrons. The molecule has 3 heterocycles. The molecule has 0 saturated carbocycles. The number of rotatable bonds is 4. The van der Waals surface area contributed by atoms with Gasteiger partial charge in [-0.1, -0.05) is 36.4 Å². The van der Waals surface area contributed by atoms with E-state index in [1.54, 1.807) is 48.5 Å². The third-order valence-electron chi connectivity index (χ3n) is 5.47. The summed E-state index contributed by atoms with van der Waals surface area (Å²) in [6, 6.07) is 14.7. The molecule has 4 aromatic rings. The largest absolute Gasteiger partial charge is 0.294 e. The molecule has 0 saturated heterocycles. The van der Waals surface area contributed by atoms with Crippen molar-refractivity contribution in [2.75, 3.05) is 6.54 Å².